The number of sulfone groups is 1. The highest BCUT2D eigenvalue weighted by atomic mass is 79.9. The van der Waals surface area contributed by atoms with Crippen molar-refractivity contribution in [3.05, 3.63) is 16.6 Å². The summed E-state index contributed by atoms with van der Waals surface area (Å²) in [5, 5.41) is 2.71. The number of hydrogen-bond acceptors (Lipinski definition) is 4. The van der Waals surface area contributed by atoms with Crippen LogP contribution >= 0.6 is 15.9 Å². The molecule has 1 aliphatic heterocycles. The molecule has 1 saturated carbocycles. The third kappa shape index (κ3) is 1.73. The zero-order chi connectivity index (χ0) is 13.1. The van der Waals surface area contributed by atoms with Crippen LogP contribution in [0.5, 0.6) is 5.75 Å². The maximum atomic E-state index is 11.8. The number of anilines is 1. The van der Waals surface area contributed by atoms with Crippen molar-refractivity contribution < 1.29 is 17.9 Å². The minimum Gasteiger partial charge on any atom is -0.474 e. The number of nitrogens with one attached hydrogen (secondary N) is 1. The number of benzene rings is 1. The number of hydrogen-bond donors (Lipinski definition) is 1. The maximum Gasteiger partial charge on any atom is 0.268 e. The highest BCUT2D eigenvalue weighted by Gasteiger charge is 2.55. The minimum absolute atomic E-state index is 0.142. The number of halogens is 1. The number of rotatable bonds is 1. The SMILES string of the molecule is CS(=O)(=O)c1cc(Br)c2c(c1)NC(=O)C1(CC1)O2. The lowest BCUT2D eigenvalue weighted by Gasteiger charge is -2.27. The minimum atomic E-state index is -3.33. The van der Waals surface area contributed by atoms with Crippen LogP contribution in [0.2, 0.25) is 0 Å². The van der Waals surface area contributed by atoms with Crippen LogP contribution in [0.15, 0.2) is 21.5 Å². The maximum absolute atomic E-state index is 11.8. The van der Waals surface area contributed by atoms with Gasteiger partial charge in [-0.1, -0.05) is 0 Å². The Balaban J connectivity index is 2.14. The Bertz CT molecular complexity index is 664. The van der Waals surface area contributed by atoms with E-state index >= 15 is 0 Å². The van der Waals surface area contributed by atoms with Gasteiger partial charge < -0.3 is 10.1 Å². The van der Waals surface area contributed by atoms with E-state index in [0.717, 1.165) is 6.26 Å². The summed E-state index contributed by atoms with van der Waals surface area (Å²) in [6, 6.07) is 2.91. The number of amides is 1. The fraction of sp³-hybridized carbons (Fsp3) is 0.364. The Hall–Kier alpha value is -1.08. The van der Waals surface area contributed by atoms with Gasteiger partial charge in [-0.25, -0.2) is 8.42 Å². The Labute approximate surface area is 113 Å². The van der Waals surface area contributed by atoms with Gasteiger partial charge in [0.25, 0.3) is 5.91 Å². The van der Waals surface area contributed by atoms with Crippen molar-refractivity contribution in [3.63, 3.8) is 0 Å². The lowest BCUT2D eigenvalue weighted by atomic mass is 10.2. The van der Waals surface area contributed by atoms with E-state index in [9.17, 15) is 13.2 Å². The lowest BCUT2D eigenvalue weighted by Crippen LogP contribution is -2.39. The second-order valence-electron chi connectivity index (χ2n) is 4.60. The first kappa shape index (κ1) is 12.0. The third-order valence-electron chi connectivity index (χ3n) is 3.11. The highest BCUT2D eigenvalue weighted by molar-refractivity contribution is 9.10. The number of carbonyl (C=O) groups is 1. The molecule has 3 rings (SSSR count). The van der Waals surface area contributed by atoms with Gasteiger partial charge in [0.1, 0.15) is 0 Å². The molecule has 0 bridgehead atoms. The zero-order valence-electron chi connectivity index (χ0n) is 9.49. The van der Waals surface area contributed by atoms with Crippen molar-refractivity contribution in [1.29, 1.82) is 0 Å². The molecule has 1 aromatic rings. The monoisotopic (exact) mass is 331 g/mol. The quantitative estimate of drug-likeness (QED) is 0.850. The molecule has 0 unspecified atom stereocenters. The van der Waals surface area contributed by atoms with Crippen LogP contribution in [-0.4, -0.2) is 26.2 Å². The van der Waals surface area contributed by atoms with E-state index < -0.39 is 15.4 Å². The largest absolute Gasteiger partial charge is 0.474 e. The van der Waals surface area contributed by atoms with E-state index in [1.807, 2.05) is 0 Å². The van der Waals surface area contributed by atoms with Crippen LogP contribution in [0.3, 0.4) is 0 Å². The van der Waals surface area contributed by atoms with Gasteiger partial charge in [-0.05, 0) is 28.1 Å². The predicted molar refractivity (Wildman–Crippen MR) is 68.5 cm³/mol. The van der Waals surface area contributed by atoms with Gasteiger partial charge in [0.15, 0.2) is 21.2 Å². The van der Waals surface area contributed by atoms with E-state index in [1.54, 1.807) is 0 Å². The second kappa shape index (κ2) is 3.48. The second-order valence-corrected chi connectivity index (χ2v) is 7.47. The molecule has 1 aromatic carbocycles. The molecule has 5 nitrogen and oxygen atoms in total. The molecule has 96 valence electrons. The number of carbonyl (C=O) groups excluding carboxylic acids is 1. The highest BCUT2D eigenvalue weighted by Crippen LogP contribution is 2.49. The first-order chi connectivity index (χ1) is 8.32. The molecule has 1 heterocycles. The smallest absolute Gasteiger partial charge is 0.268 e. The number of ether oxygens (including phenoxy) is 1. The summed E-state index contributed by atoms with van der Waals surface area (Å²) < 4.78 is 29.3. The summed E-state index contributed by atoms with van der Waals surface area (Å²) in [5.74, 6) is 0.298. The molecular formula is C11H10BrNO4S. The van der Waals surface area contributed by atoms with Gasteiger partial charge in [-0.3, -0.25) is 4.79 Å². The van der Waals surface area contributed by atoms with Gasteiger partial charge in [0, 0.05) is 19.1 Å². The van der Waals surface area contributed by atoms with Gasteiger partial charge in [-0.15, -0.1) is 0 Å². The Morgan fingerprint density at radius 2 is 2.06 bits per heavy atom. The Morgan fingerprint density at radius 1 is 1.39 bits per heavy atom. The van der Waals surface area contributed by atoms with Crippen LogP contribution in [0, 0.1) is 0 Å². The summed E-state index contributed by atoms with van der Waals surface area (Å²) in [6.45, 7) is 0. The lowest BCUT2D eigenvalue weighted by molar-refractivity contribution is -0.125. The van der Waals surface area contributed by atoms with E-state index in [2.05, 4.69) is 21.2 Å². The first-order valence-corrected chi connectivity index (χ1v) is 8.04. The summed E-state index contributed by atoms with van der Waals surface area (Å²) in [7, 11) is -3.33. The molecule has 1 aliphatic carbocycles. The van der Waals surface area contributed by atoms with E-state index in [-0.39, 0.29) is 10.8 Å². The molecule has 1 amide bonds. The zero-order valence-corrected chi connectivity index (χ0v) is 11.9. The van der Waals surface area contributed by atoms with Gasteiger partial charge >= 0.3 is 0 Å². The average molecular weight is 332 g/mol. The van der Waals surface area contributed by atoms with Crippen molar-refractivity contribution in [1.82, 2.24) is 0 Å². The van der Waals surface area contributed by atoms with Crippen LogP contribution in [0.4, 0.5) is 5.69 Å². The van der Waals surface area contributed by atoms with Crippen LogP contribution < -0.4 is 10.1 Å². The van der Waals surface area contributed by atoms with E-state index in [4.69, 9.17) is 4.74 Å². The molecule has 0 saturated heterocycles. The normalized spacial score (nSPS) is 20.0. The summed E-state index contributed by atoms with van der Waals surface area (Å²) >= 11 is 3.28. The summed E-state index contributed by atoms with van der Waals surface area (Å²) in [4.78, 5) is 12.0. The summed E-state index contributed by atoms with van der Waals surface area (Å²) in [6.07, 6.45) is 2.51. The topological polar surface area (TPSA) is 72.5 Å². The van der Waals surface area contributed by atoms with Crippen molar-refractivity contribution in [2.75, 3.05) is 11.6 Å². The molecule has 0 atom stereocenters. The molecule has 1 fully saturated rings. The van der Waals surface area contributed by atoms with Crippen LogP contribution in [0.25, 0.3) is 0 Å². The Kier molecular flexibility index (Phi) is 2.31. The van der Waals surface area contributed by atoms with Crippen molar-refractivity contribution in [2.45, 2.75) is 23.3 Å². The average Bonchev–Trinajstić information content (AvgIpc) is 3.01. The summed E-state index contributed by atoms with van der Waals surface area (Å²) in [5.41, 5.74) is -0.338. The number of fused-ring (bicyclic) bond motifs is 1. The molecule has 2 aliphatic rings. The third-order valence-corrected chi connectivity index (χ3v) is 4.79. The van der Waals surface area contributed by atoms with Crippen molar-refractivity contribution in [2.24, 2.45) is 0 Å². The van der Waals surface area contributed by atoms with Gasteiger partial charge in [0.2, 0.25) is 0 Å². The predicted octanol–water partition coefficient (Wildman–Crippen LogP) is 1.72. The molecule has 7 heteroatoms. The van der Waals surface area contributed by atoms with Crippen molar-refractivity contribution in [3.8, 4) is 5.75 Å². The van der Waals surface area contributed by atoms with Crippen LogP contribution in [0.1, 0.15) is 12.8 Å². The molecule has 1 spiro atoms. The van der Waals surface area contributed by atoms with Gasteiger partial charge in [-0.2, -0.15) is 0 Å². The Morgan fingerprint density at radius 3 is 2.61 bits per heavy atom. The fourth-order valence-electron chi connectivity index (χ4n) is 1.90. The van der Waals surface area contributed by atoms with Gasteiger partial charge in [0.05, 0.1) is 15.1 Å². The molecule has 1 N–H and O–H groups in total. The van der Waals surface area contributed by atoms with E-state index in [1.165, 1.54) is 12.1 Å². The first-order valence-electron chi connectivity index (χ1n) is 5.36. The molecule has 0 aromatic heterocycles. The molecular weight excluding hydrogens is 322 g/mol. The fourth-order valence-corrected chi connectivity index (χ4v) is 3.26. The van der Waals surface area contributed by atoms with Crippen LogP contribution in [-0.2, 0) is 14.6 Å². The molecule has 0 radical (unpaired) electrons. The van der Waals surface area contributed by atoms with Crippen molar-refractivity contribution >= 4 is 37.4 Å². The van der Waals surface area contributed by atoms with E-state index in [0.29, 0.717) is 28.8 Å². The molecule has 18 heavy (non-hydrogen) atoms. The standard InChI is InChI=1S/C11H10BrNO4S/c1-18(15,16)6-4-7(12)9-8(5-6)13-10(14)11(17-9)2-3-11/h4-5H,2-3H2,1H3,(H,13,14).